The third kappa shape index (κ3) is 3.99. The Bertz CT molecular complexity index is 1040. The number of nitrogens with one attached hydrogen (secondary N) is 1. The minimum atomic E-state index is -4.62. The van der Waals surface area contributed by atoms with Crippen LogP contribution in [0.5, 0.6) is 5.75 Å². The summed E-state index contributed by atoms with van der Waals surface area (Å²) in [6.45, 7) is 0. The number of ether oxygens (including phenoxy) is 1. The lowest BCUT2D eigenvalue weighted by molar-refractivity contribution is -0.137. The number of amides is 2. The molecule has 0 saturated carbocycles. The van der Waals surface area contributed by atoms with Gasteiger partial charge in [0.05, 0.1) is 23.4 Å². The standard InChI is InChI=1S/C20H16ClF3N2O2/c1-26(18-5-3-4-12-6-8-14(28-2)11-15(12)18)19(27)25-13-7-9-17(21)16(10-13)20(22,23)24/h3-11H,1-2H3,(H,25,27). The topological polar surface area (TPSA) is 41.6 Å². The van der Waals surface area contributed by atoms with Crippen LogP contribution in [-0.2, 0) is 6.18 Å². The minimum Gasteiger partial charge on any atom is -0.497 e. The maximum Gasteiger partial charge on any atom is 0.417 e. The average Bonchev–Trinajstić information content (AvgIpc) is 2.67. The Kier molecular flexibility index (Phi) is 5.38. The van der Waals surface area contributed by atoms with E-state index >= 15 is 0 Å². The van der Waals surface area contributed by atoms with E-state index in [4.69, 9.17) is 16.3 Å². The van der Waals surface area contributed by atoms with Gasteiger partial charge in [0.25, 0.3) is 0 Å². The molecule has 0 aliphatic heterocycles. The van der Waals surface area contributed by atoms with Crippen LogP contribution in [0.3, 0.4) is 0 Å². The number of hydrogen-bond acceptors (Lipinski definition) is 2. The van der Waals surface area contributed by atoms with Gasteiger partial charge in [-0.3, -0.25) is 4.90 Å². The van der Waals surface area contributed by atoms with Crippen LogP contribution in [0.4, 0.5) is 29.3 Å². The van der Waals surface area contributed by atoms with Crippen molar-refractivity contribution in [3.63, 3.8) is 0 Å². The van der Waals surface area contributed by atoms with Crippen LogP contribution in [0.1, 0.15) is 5.56 Å². The van der Waals surface area contributed by atoms with Gasteiger partial charge in [0.2, 0.25) is 0 Å². The van der Waals surface area contributed by atoms with Crippen LogP contribution in [0.15, 0.2) is 54.6 Å². The van der Waals surface area contributed by atoms with Crippen molar-refractivity contribution in [2.75, 3.05) is 24.4 Å². The molecule has 0 unspecified atom stereocenters. The van der Waals surface area contributed by atoms with E-state index < -0.39 is 22.8 Å². The molecule has 28 heavy (non-hydrogen) atoms. The number of carbonyl (C=O) groups excluding carboxylic acids is 1. The highest BCUT2D eigenvalue weighted by atomic mass is 35.5. The summed E-state index contributed by atoms with van der Waals surface area (Å²) in [6, 6.07) is 13.5. The largest absolute Gasteiger partial charge is 0.497 e. The molecule has 3 rings (SSSR count). The predicted molar refractivity (Wildman–Crippen MR) is 104 cm³/mol. The van der Waals surface area contributed by atoms with Crippen molar-refractivity contribution in [3.05, 3.63) is 65.2 Å². The number of rotatable bonds is 3. The summed E-state index contributed by atoms with van der Waals surface area (Å²) in [6.07, 6.45) is -4.62. The van der Waals surface area contributed by atoms with E-state index in [1.807, 2.05) is 12.1 Å². The molecule has 0 aliphatic carbocycles. The lowest BCUT2D eigenvalue weighted by Crippen LogP contribution is -2.31. The van der Waals surface area contributed by atoms with Gasteiger partial charge in [-0.25, -0.2) is 4.79 Å². The molecule has 0 aromatic heterocycles. The van der Waals surface area contributed by atoms with E-state index in [9.17, 15) is 18.0 Å². The second-order valence-corrected chi connectivity index (χ2v) is 6.45. The molecule has 0 fully saturated rings. The third-order valence-electron chi connectivity index (χ3n) is 4.26. The fraction of sp³-hybridized carbons (Fsp3) is 0.150. The third-order valence-corrected chi connectivity index (χ3v) is 4.58. The van der Waals surface area contributed by atoms with Crippen LogP contribution in [0.2, 0.25) is 5.02 Å². The summed E-state index contributed by atoms with van der Waals surface area (Å²) < 4.78 is 44.3. The molecule has 3 aromatic carbocycles. The van der Waals surface area contributed by atoms with Gasteiger partial charge in [0, 0.05) is 18.1 Å². The fourth-order valence-electron chi connectivity index (χ4n) is 2.79. The van der Waals surface area contributed by atoms with Crippen LogP contribution in [0, 0.1) is 0 Å². The van der Waals surface area contributed by atoms with E-state index in [1.165, 1.54) is 18.0 Å². The Morgan fingerprint density at radius 3 is 2.54 bits per heavy atom. The Morgan fingerprint density at radius 2 is 1.86 bits per heavy atom. The smallest absolute Gasteiger partial charge is 0.417 e. The molecule has 0 heterocycles. The van der Waals surface area contributed by atoms with Gasteiger partial charge in [-0.15, -0.1) is 0 Å². The monoisotopic (exact) mass is 408 g/mol. The molecule has 146 valence electrons. The number of fused-ring (bicyclic) bond motifs is 1. The van der Waals surface area contributed by atoms with Crippen LogP contribution >= 0.6 is 11.6 Å². The lowest BCUT2D eigenvalue weighted by atomic mass is 10.1. The van der Waals surface area contributed by atoms with Crippen molar-refractivity contribution in [1.82, 2.24) is 0 Å². The molecule has 8 heteroatoms. The quantitative estimate of drug-likeness (QED) is 0.561. The highest BCUT2D eigenvalue weighted by molar-refractivity contribution is 6.31. The van der Waals surface area contributed by atoms with Crippen LogP contribution in [-0.4, -0.2) is 20.2 Å². The fourth-order valence-corrected chi connectivity index (χ4v) is 3.02. The van der Waals surface area contributed by atoms with Crippen molar-refractivity contribution in [3.8, 4) is 5.75 Å². The van der Waals surface area contributed by atoms with E-state index in [-0.39, 0.29) is 5.69 Å². The second kappa shape index (κ2) is 7.59. The molecular formula is C20H16ClF3N2O2. The summed E-state index contributed by atoms with van der Waals surface area (Å²) in [5.41, 5.74) is -0.435. The number of anilines is 2. The molecule has 3 aromatic rings. The number of benzene rings is 3. The highest BCUT2D eigenvalue weighted by Crippen LogP contribution is 2.36. The number of alkyl halides is 3. The van der Waals surface area contributed by atoms with E-state index in [2.05, 4.69) is 5.32 Å². The van der Waals surface area contributed by atoms with Crippen molar-refractivity contribution >= 4 is 39.8 Å². The first-order valence-electron chi connectivity index (χ1n) is 8.19. The number of urea groups is 1. The zero-order valence-corrected chi connectivity index (χ0v) is 15.7. The molecule has 1 N–H and O–H groups in total. The molecule has 0 atom stereocenters. The Labute approximate surface area is 164 Å². The van der Waals surface area contributed by atoms with E-state index in [0.29, 0.717) is 11.4 Å². The summed E-state index contributed by atoms with van der Waals surface area (Å²) >= 11 is 5.61. The molecule has 0 bridgehead atoms. The van der Waals surface area contributed by atoms with E-state index in [1.54, 1.807) is 31.4 Å². The van der Waals surface area contributed by atoms with Gasteiger partial charge >= 0.3 is 12.2 Å². The van der Waals surface area contributed by atoms with Gasteiger partial charge in [-0.05, 0) is 41.8 Å². The SMILES string of the molecule is COc1ccc2cccc(N(C)C(=O)Nc3ccc(Cl)c(C(F)(F)F)c3)c2c1. The van der Waals surface area contributed by atoms with Crippen LogP contribution in [0.25, 0.3) is 10.8 Å². The Hall–Kier alpha value is -2.93. The van der Waals surface area contributed by atoms with Gasteiger partial charge in [0.15, 0.2) is 0 Å². The van der Waals surface area contributed by atoms with Gasteiger partial charge < -0.3 is 10.1 Å². The first kappa shape index (κ1) is 19.8. The van der Waals surface area contributed by atoms with Crippen LogP contribution < -0.4 is 15.0 Å². The van der Waals surface area contributed by atoms with Gasteiger partial charge in [0.1, 0.15) is 5.75 Å². The van der Waals surface area contributed by atoms with Crippen molar-refractivity contribution in [2.24, 2.45) is 0 Å². The minimum absolute atomic E-state index is 0.00797. The molecule has 0 aliphatic rings. The van der Waals surface area contributed by atoms with E-state index in [0.717, 1.165) is 22.9 Å². The first-order chi connectivity index (χ1) is 13.2. The molecule has 0 saturated heterocycles. The normalized spacial score (nSPS) is 11.4. The predicted octanol–water partition coefficient (Wildman–Crippen LogP) is 6.19. The van der Waals surface area contributed by atoms with Crippen molar-refractivity contribution < 1.29 is 22.7 Å². The molecule has 0 spiro atoms. The molecule has 4 nitrogen and oxygen atoms in total. The maximum atomic E-state index is 13.0. The second-order valence-electron chi connectivity index (χ2n) is 6.05. The number of nitrogens with zero attached hydrogens (tertiary/aromatic N) is 1. The maximum absolute atomic E-state index is 13.0. The molecular weight excluding hydrogens is 393 g/mol. The summed E-state index contributed by atoms with van der Waals surface area (Å²) in [5, 5.41) is 3.70. The zero-order valence-electron chi connectivity index (χ0n) is 15.0. The average molecular weight is 409 g/mol. The Balaban J connectivity index is 1.91. The zero-order chi connectivity index (χ0) is 20.5. The summed E-state index contributed by atoms with van der Waals surface area (Å²) in [5.74, 6) is 0.626. The number of halogens is 4. The highest BCUT2D eigenvalue weighted by Gasteiger charge is 2.33. The van der Waals surface area contributed by atoms with Gasteiger partial charge in [-0.1, -0.05) is 29.8 Å². The first-order valence-corrected chi connectivity index (χ1v) is 8.56. The molecule has 2 amide bonds. The summed E-state index contributed by atoms with van der Waals surface area (Å²) in [7, 11) is 3.07. The number of hydrogen-bond donors (Lipinski definition) is 1. The molecule has 0 radical (unpaired) electrons. The number of carbonyl (C=O) groups is 1. The Morgan fingerprint density at radius 1 is 1.11 bits per heavy atom. The summed E-state index contributed by atoms with van der Waals surface area (Å²) in [4.78, 5) is 13.9. The number of methoxy groups -OCH3 is 1. The van der Waals surface area contributed by atoms with Crippen molar-refractivity contribution in [2.45, 2.75) is 6.18 Å². The van der Waals surface area contributed by atoms with Gasteiger partial charge in [-0.2, -0.15) is 13.2 Å². The lowest BCUT2D eigenvalue weighted by Gasteiger charge is -2.21. The van der Waals surface area contributed by atoms with Crippen molar-refractivity contribution in [1.29, 1.82) is 0 Å².